The molecule has 1 amide bonds. The first-order valence-electron chi connectivity index (χ1n) is 21.3. The van der Waals surface area contributed by atoms with Gasteiger partial charge in [0.2, 0.25) is 0 Å². The summed E-state index contributed by atoms with van der Waals surface area (Å²) >= 11 is 7.70. The van der Waals surface area contributed by atoms with Gasteiger partial charge in [-0.05, 0) is 141 Å². The minimum absolute atomic E-state index is 0.0266. The quantitative estimate of drug-likeness (QED) is 0.0747. The van der Waals surface area contributed by atoms with Gasteiger partial charge in [0.15, 0.2) is 21.8 Å². The minimum Gasteiger partial charge on any atom is -0.396 e. The van der Waals surface area contributed by atoms with Crippen molar-refractivity contribution >= 4 is 62.4 Å². The number of halogens is 4. The van der Waals surface area contributed by atoms with Gasteiger partial charge < -0.3 is 20.2 Å². The third kappa shape index (κ3) is 12.8. The number of rotatable bonds is 18. The molecule has 3 N–H and O–H groups in total. The van der Waals surface area contributed by atoms with E-state index in [1.54, 1.807) is 23.9 Å². The van der Waals surface area contributed by atoms with E-state index in [9.17, 15) is 31.5 Å². The normalized spacial score (nSPS) is 17.6. The zero-order valence-electron chi connectivity index (χ0n) is 34.8. The summed E-state index contributed by atoms with van der Waals surface area (Å²) in [5, 5.41) is 13.4. The smallest absolute Gasteiger partial charge is 0.396 e. The van der Waals surface area contributed by atoms with Crippen LogP contribution in [0.1, 0.15) is 54.4 Å². The Balaban J connectivity index is 0.990. The largest absolute Gasteiger partial charge is 0.475 e. The van der Waals surface area contributed by atoms with Crippen LogP contribution >= 0.6 is 23.4 Å². The first kappa shape index (κ1) is 46.8. The number of amides is 1. The first-order chi connectivity index (χ1) is 30.4. The molecule has 5 aromatic rings. The maximum atomic E-state index is 14.1. The lowest BCUT2D eigenvalue weighted by Crippen LogP contribution is -2.37. The van der Waals surface area contributed by atoms with E-state index >= 15 is 0 Å². The standard InChI is InChI=1S/C48H52ClF3N4O4S3/c49-38-17-13-35(14-18-38)44-12-5-4-8-37(44)30-34-23-27-56(28-24-34)40-19-15-36(16-20-40)47(58)54-63(60)43-21-22-45(46(32-43)62(59)48(50,51)52)53-39(33-61-42-10-2-1-3-11-42)31-41-9-6-25-55(41)26-7-29-57/h1-5,8,10-22,32,34,39,41,53,57H,6-7,9,23-31,33H2,(H,54,58)/t39?,41-,62?,63?/m1/s1. The zero-order valence-corrected chi connectivity index (χ0v) is 38.0. The van der Waals surface area contributed by atoms with E-state index in [0.717, 1.165) is 80.5 Å². The Kier molecular flexibility index (Phi) is 16.4. The molecule has 0 aliphatic carbocycles. The van der Waals surface area contributed by atoms with Crippen LogP contribution in [0.3, 0.4) is 0 Å². The average Bonchev–Trinajstić information content (AvgIpc) is 3.74. The summed E-state index contributed by atoms with van der Waals surface area (Å²) in [5.41, 5.74) is -0.181. The number of nitrogens with one attached hydrogen (secondary N) is 2. The maximum absolute atomic E-state index is 14.1. The number of aliphatic hydroxyl groups excluding tert-OH is 1. The number of benzene rings is 5. The van der Waals surface area contributed by atoms with Crippen molar-refractivity contribution in [3.63, 3.8) is 0 Å². The summed E-state index contributed by atoms with van der Waals surface area (Å²) in [7, 11) is -5.70. The van der Waals surface area contributed by atoms with Gasteiger partial charge in [-0.2, -0.15) is 13.2 Å². The number of hydrogen-bond acceptors (Lipinski definition) is 8. The summed E-state index contributed by atoms with van der Waals surface area (Å²) in [4.78, 5) is 18.2. The highest BCUT2D eigenvalue weighted by atomic mass is 35.5. The molecule has 63 heavy (non-hydrogen) atoms. The van der Waals surface area contributed by atoms with Crippen LogP contribution in [-0.2, 0) is 28.2 Å². The molecule has 2 aliphatic rings. The number of thioether (sulfide) groups is 1. The number of anilines is 2. The van der Waals surface area contributed by atoms with Gasteiger partial charge in [0.1, 0.15) is 0 Å². The Morgan fingerprint density at radius 3 is 2.30 bits per heavy atom. The third-order valence-electron chi connectivity index (χ3n) is 11.8. The van der Waals surface area contributed by atoms with Crippen LogP contribution < -0.4 is 14.9 Å². The van der Waals surface area contributed by atoms with Crippen molar-refractivity contribution in [2.45, 2.75) is 77.2 Å². The van der Waals surface area contributed by atoms with Crippen molar-refractivity contribution < 1.29 is 31.5 Å². The Labute approximate surface area is 382 Å². The molecular formula is C48H52ClF3N4O4S3. The van der Waals surface area contributed by atoms with E-state index in [-0.39, 0.29) is 34.8 Å². The molecule has 2 heterocycles. The fourth-order valence-corrected chi connectivity index (χ4v) is 11.3. The van der Waals surface area contributed by atoms with Crippen molar-refractivity contribution in [3.8, 4) is 11.1 Å². The number of carbonyl (C=O) groups excluding carboxylic acids is 1. The van der Waals surface area contributed by atoms with E-state index in [4.69, 9.17) is 11.6 Å². The van der Waals surface area contributed by atoms with Crippen molar-refractivity contribution in [1.29, 1.82) is 0 Å². The van der Waals surface area contributed by atoms with Crippen molar-refractivity contribution in [2.24, 2.45) is 5.92 Å². The Morgan fingerprint density at radius 1 is 0.873 bits per heavy atom. The number of carbonyl (C=O) groups is 1. The first-order valence-corrected chi connectivity index (χ1v) is 24.9. The highest BCUT2D eigenvalue weighted by Gasteiger charge is 2.40. The van der Waals surface area contributed by atoms with Crippen LogP contribution in [0.15, 0.2) is 136 Å². The van der Waals surface area contributed by atoms with E-state index in [0.29, 0.717) is 29.5 Å². The van der Waals surface area contributed by atoms with Gasteiger partial charge in [0.05, 0.1) is 15.5 Å². The van der Waals surface area contributed by atoms with Crippen molar-refractivity contribution in [2.75, 3.05) is 48.8 Å². The van der Waals surface area contributed by atoms with Gasteiger partial charge in [-0.25, -0.2) is 8.42 Å². The summed E-state index contributed by atoms with van der Waals surface area (Å²) in [6, 6.07) is 36.7. The number of piperidine rings is 1. The van der Waals surface area contributed by atoms with Crippen LogP contribution in [0, 0.1) is 5.92 Å². The monoisotopic (exact) mass is 936 g/mol. The predicted molar refractivity (Wildman–Crippen MR) is 250 cm³/mol. The lowest BCUT2D eigenvalue weighted by Gasteiger charge is -2.34. The van der Waals surface area contributed by atoms with E-state index < -0.39 is 38.1 Å². The second kappa shape index (κ2) is 22.1. The molecule has 0 radical (unpaired) electrons. The number of nitrogens with zero attached hydrogens (tertiary/aromatic N) is 2. The Hall–Kier alpha value is -4.18. The molecule has 0 spiro atoms. The topological polar surface area (TPSA) is 102 Å². The lowest BCUT2D eigenvalue weighted by molar-refractivity contribution is -0.0384. The van der Waals surface area contributed by atoms with Crippen LogP contribution in [0.2, 0.25) is 5.02 Å². The molecule has 0 aromatic heterocycles. The minimum atomic E-state index is -5.08. The lowest BCUT2D eigenvalue weighted by atomic mass is 9.87. The SMILES string of the molecule is O=C(NS(=O)c1ccc(NC(CSc2ccccc2)C[C@H]2CCCN2CCCO)c(S(=O)C(F)(F)F)c1)c1ccc(N2CCC(Cc3ccccc3-c3ccc(Cl)cc3)CC2)cc1. The molecule has 3 unspecified atom stereocenters. The molecule has 8 nitrogen and oxygen atoms in total. The summed E-state index contributed by atoms with van der Waals surface area (Å²) in [5.74, 6) is 0.382. The molecule has 2 saturated heterocycles. The maximum Gasteiger partial charge on any atom is 0.475 e. The molecule has 334 valence electrons. The van der Waals surface area contributed by atoms with Crippen LogP contribution in [0.25, 0.3) is 11.1 Å². The Bertz CT molecular complexity index is 2330. The second-order valence-electron chi connectivity index (χ2n) is 16.0. The van der Waals surface area contributed by atoms with Gasteiger partial charge in [0, 0.05) is 65.2 Å². The van der Waals surface area contributed by atoms with Crippen molar-refractivity contribution in [1.82, 2.24) is 9.62 Å². The van der Waals surface area contributed by atoms with Crippen LogP contribution in [-0.4, -0.2) is 80.5 Å². The average molecular weight is 938 g/mol. The van der Waals surface area contributed by atoms with Crippen LogP contribution in [0.5, 0.6) is 0 Å². The van der Waals surface area contributed by atoms with Gasteiger partial charge in [-0.15, -0.1) is 11.8 Å². The zero-order chi connectivity index (χ0) is 44.3. The van der Waals surface area contributed by atoms with E-state index in [1.165, 1.54) is 23.3 Å². The number of likely N-dealkylation sites (tertiary alicyclic amines) is 1. The molecule has 2 aliphatic heterocycles. The summed E-state index contributed by atoms with van der Waals surface area (Å²) in [6.07, 6.45) is 6.12. The third-order valence-corrected chi connectivity index (χ3v) is 15.4. The Morgan fingerprint density at radius 2 is 1.59 bits per heavy atom. The molecule has 7 rings (SSSR count). The van der Waals surface area contributed by atoms with Crippen molar-refractivity contribution in [3.05, 3.63) is 137 Å². The fourth-order valence-electron chi connectivity index (χ4n) is 8.52. The van der Waals surface area contributed by atoms with Gasteiger partial charge >= 0.3 is 5.51 Å². The number of aliphatic hydroxyl groups is 1. The van der Waals surface area contributed by atoms with Gasteiger partial charge in [-0.3, -0.25) is 9.52 Å². The molecule has 0 saturated carbocycles. The van der Waals surface area contributed by atoms with Crippen LogP contribution in [0.4, 0.5) is 24.5 Å². The van der Waals surface area contributed by atoms with Gasteiger partial charge in [0.25, 0.3) is 5.91 Å². The molecule has 15 heteroatoms. The fraction of sp³-hybridized carbons (Fsp3) is 0.354. The molecule has 2 fully saturated rings. The summed E-state index contributed by atoms with van der Waals surface area (Å²) in [6.45, 7) is 3.39. The highest BCUT2D eigenvalue weighted by molar-refractivity contribution is 7.99. The van der Waals surface area contributed by atoms with E-state index in [1.807, 2.05) is 54.6 Å². The second-order valence-corrected chi connectivity index (χ2v) is 20.2. The molecular weight excluding hydrogens is 885 g/mol. The number of alkyl halides is 3. The predicted octanol–water partition coefficient (Wildman–Crippen LogP) is 10.4. The number of hydrogen-bond donors (Lipinski definition) is 3. The van der Waals surface area contributed by atoms with E-state index in [2.05, 4.69) is 56.2 Å². The van der Waals surface area contributed by atoms with Gasteiger partial charge in [-0.1, -0.05) is 66.2 Å². The molecule has 0 bridgehead atoms. The molecule has 5 aromatic carbocycles. The highest BCUT2D eigenvalue weighted by Crippen LogP contribution is 2.35. The summed E-state index contributed by atoms with van der Waals surface area (Å²) < 4.78 is 71.4. The molecule has 4 atom stereocenters.